The fourth-order valence-electron chi connectivity index (χ4n) is 3.07. The van der Waals surface area contributed by atoms with Crippen LogP contribution in [0.15, 0.2) is 24.3 Å². The van der Waals surface area contributed by atoms with Crippen molar-refractivity contribution in [2.75, 3.05) is 51.3 Å². The molecule has 2 aliphatic rings. The molecule has 0 aliphatic carbocycles. The second-order valence-corrected chi connectivity index (χ2v) is 7.13. The molecule has 0 spiro atoms. The Morgan fingerprint density at radius 3 is 2.82 bits per heavy atom. The molecule has 2 heterocycles. The summed E-state index contributed by atoms with van der Waals surface area (Å²) in [4.78, 5) is 16.9. The molecule has 2 saturated heterocycles. The maximum atomic E-state index is 12.1. The Bertz CT molecular complexity index is 512. The highest BCUT2D eigenvalue weighted by Gasteiger charge is 2.27. The molecule has 1 aromatic rings. The number of halogens is 1. The summed E-state index contributed by atoms with van der Waals surface area (Å²) < 4.78 is 6.59. The lowest BCUT2D eigenvalue weighted by Gasteiger charge is -2.37. The van der Waals surface area contributed by atoms with Gasteiger partial charge in [0.1, 0.15) is 0 Å². The number of carbonyl (C=O) groups is 1. The lowest BCUT2D eigenvalue weighted by atomic mass is 10.2. The van der Waals surface area contributed by atoms with Crippen LogP contribution in [0.25, 0.3) is 0 Å². The van der Waals surface area contributed by atoms with Gasteiger partial charge in [0.05, 0.1) is 13.2 Å². The Hall–Kier alpha value is -0.700. The maximum Gasteiger partial charge on any atom is 0.238 e. The van der Waals surface area contributed by atoms with E-state index in [9.17, 15) is 4.79 Å². The van der Waals surface area contributed by atoms with Gasteiger partial charge in [-0.3, -0.25) is 14.6 Å². The monoisotopic (exact) mass is 415 g/mol. The Morgan fingerprint density at radius 1 is 1.32 bits per heavy atom. The van der Waals surface area contributed by atoms with Crippen LogP contribution in [0.5, 0.6) is 0 Å². The van der Waals surface area contributed by atoms with E-state index in [1.165, 1.54) is 0 Å². The van der Waals surface area contributed by atoms with Crippen molar-refractivity contribution in [3.63, 3.8) is 0 Å². The Kier molecular flexibility index (Phi) is 5.67. The molecule has 2 fully saturated rings. The summed E-state index contributed by atoms with van der Waals surface area (Å²) >= 11 is 2.25. The largest absolute Gasteiger partial charge is 0.380 e. The minimum atomic E-state index is 0.0691. The number of amides is 1. The van der Waals surface area contributed by atoms with E-state index in [4.69, 9.17) is 4.74 Å². The van der Waals surface area contributed by atoms with E-state index in [0.29, 0.717) is 12.6 Å². The van der Waals surface area contributed by atoms with Gasteiger partial charge in [-0.2, -0.15) is 0 Å². The van der Waals surface area contributed by atoms with E-state index in [-0.39, 0.29) is 5.91 Å². The molecule has 0 saturated carbocycles. The van der Waals surface area contributed by atoms with Crippen molar-refractivity contribution in [1.29, 1.82) is 0 Å². The molecule has 2 aliphatic heterocycles. The van der Waals surface area contributed by atoms with Crippen molar-refractivity contribution in [3.8, 4) is 0 Å². The predicted octanol–water partition coefficient (Wildman–Crippen LogP) is 1.64. The first-order valence-corrected chi connectivity index (χ1v) is 8.88. The summed E-state index contributed by atoms with van der Waals surface area (Å²) in [6.07, 6.45) is 1.15. The zero-order valence-corrected chi connectivity index (χ0v) is 14.8. The van der Waals surface area contributed by atoms with Crippen LogP contribution in [0.1, 0.15) is 6.42 Å². The minimum Gasteiger partial charge on any atom is -0.380 e. The third-order valence-electron chi connectivity index (χ3n) is 4.30. The number of ether oxygens (including phenoxy) is 1. The molecule has 3 rings (SSSR count). The van der Waals surface area contributed by atoms with Crippen LogP contribution < -0.4 is 5.32 Å². The van der Waals surface area contributed by atoms with Gasteiger partial charge in [0.2, 0.25) is 5.91 Å². The van der Waals surface area contributed by atoms with Crippen molar-refractivity contribution in [1.82, 2.24) is 9.80 Å². The van der Waals surface area contributed by atoms with Gasteiger partial charge in [0.15, 0.2) is 0 Å². The molecule has 120 valence electrons. The van der Waals surface area contributed by atoms with E-state index in [0.717, 1.165) is 55.1 Å². The summed E-state index contributed by atoms with van der Waals surface area (Å²) in [5.74, 6) is 0.0691. The lowest BCUT2D eigenvalue weighted by Crippen LogP contribution is -2.52. The van der Waals surface area contributed by atoms with E-state index >= 15 is 0 Å². The number of nitrogens with zero attached hydrogens (tertiary/aromatic N) is 2. The summed E-state index contributed by atoms with van der Waals surface area (Å²) in [7, 11) is 0. The van der Waals surface area contributed by atoms with E-state index in [1.54, 1.807) is 0 Å². The molecule has 1 aromatic carbocycles. The van der Waals surface area contributed by atoms with Gasteiger partial charge in [0, 0.05) is 48.1 Å². The molecule has 0 unspecified atom stereocenters. The van der Waals surface area contributed by atoms with Gasteiger partial charge in [0.25, 0.3) is 0 Å². The van der Waals surface area contributed by atoms with E-state index in [2.05, 4.69) is 37.7 Å². The second kappa shape index (κ2) is 7.72. The molecule has 22 heavy (non-hydrogen) atoms. The highest BCUT2D eigenvalue weighted by atomic mass is 127. The smallest absolute Gasteiger partial charge is 0.238 e. The van der Waals surface area contributed by atoms with Crippen LogP contribution >= 0.6 is 22.6 Å². The molecule has 1 N–H and O–H groups in total. The molecular formula is C16H22IN3O2. The van der Waals surface area contributed by atoms with Gasteiger partial charge in [-0.25, -0.2) is 0 Å². The number of benzene rings is 1. The third-order valence-corrected chi connectivity index (χ3v) is 4.98. The average molecular weight is 415 g/mol. The van der Waals surface area contributed by atoms with Crippen LogP contribution in [0.4, 0.5) is 5.69 Å². The number of hydrogen-bond donors (Lipinski definition) is 1. The van der Waals surface area contributed by atoms with E-state index < -0.39 is 0 Å². The van der Waals surface area contributed by atoms with Gasteiger partial charge < -0.3 is 10.1 Å². The highest BCUT2D eigenvalue weighted by molar-refractivity contribution is 14.1. The fraction of sp³-hybridized carbons (Fsp3) is 0.562. The first-order valence-electron chi connectivity index (χ1n) is 7.80. The molecule has 0 radical (unpaired) electrons. The topological polar surface area (TPSA) is 44.8 Å². The van der Waals surface area contributed by atoms with Crippen molar-refractivity contribution >= 4 is 34.2 Å². The van der Waals surface area contributed by atoms with Crippen LogP contribution in [-0.2, 0) is 9.53 Å². The normalized spacial score (nSPS) is 23.6. The Morgan fingerprint density at radius 2 is 2.14 bits per heavy atom. The number of carbonyl (C=O) groups excluding carboxylic acids is 1. The number of hydrogen-bond acceptors (Lipinski definition) is 4. The molecule has 0 bridgehead atoms. The standard InChI is InChI=1S/C16H22IN3O2/c17-13-2-1-3-14(10-13)18-16(21)11-19-5-7-20(8-6-19)15-4-9-22-12-15/h1-3,10,15H,4-9,11-12H2,(H,18,21)/t15-/m1/s1. The average Bonchev–Trinajstić information content (AvgIpc) is 3.02. The summed E-state index contributed by atoms with van der Waals surface area (Å²) in [5.41, 5.74) is 0.874. The third kappa shape index (κ3) is 4.41. The predicted molar refractivity (Wildman–Crippen MR) is 95.0 cm³/mol. The van der Waals surface area contributed by atoms with Gasteiger partial charge in [-0.05, 0) is 47.2 Å². The molecule has 0 aromatic heterocycles. The van der Waals surface area contributed by atoms with Crippen LogP contribution in [-0.4, -0.2) is 67.7 Å². The van der Waals surface area contributed by atoms with Crippen molar-refractivity contribution in [3.05, 3.63) is 27.8 Å². The Labute approximate surface area is 145 Å². The van der Waals surface area contributed by atoms with Gasteiger partial charge in [-0.1, -0.05) is 6.07 Å². The number of nitrogens with one attached hydrogen (secondary N) is 1. The minimum absolute atomic E-state index is 0.0691. The summed E-state index contributed by atoms with van der Waals surface area (Å²) in [5, 5.41) is 2.98. The second-order valence-electron chi connectivity index (χ2n) is 5.89. The van der Waals surface area contributed by atoms with Gasteiger partial charge >= 0.3 is 0 Å². The molecule has 1 atom stereocenters. The Balaban J connectivity index is 1.43. The zero-order chi connectivity index (χ0) is 15.4. The molecule has 1 amide bonds. The summed E-state index contributed by atoms with van der Waals surface area (Å²) in [6.45, 7) is 6.21. The molecular weight excluding hydrogens is 393 g/mol. The van der Waals surface area contributed by atoms with Crippen LogP contribution in [0, 0.1) is 3.57 Å². The van der Waals surface area contributed by atoms with Gasteiger partial charge in [-0.15, -0.1) is 0 Å². The van der Waals surface area contributed by atoms with Crippen LogP contribution in [0.2, 0.25) is 0 Å². The van der Waals surface area contributed by atoms with E-state index in [1.807, 2.05) is 24.3 Å². The number of piperazine rings is 1. The SMILES string of the molecule is O=C(CN1CCN([C@@H]2CCOC2)CC1)Nc1cccc(I)c1. The first kappa shape index (κ1) is 16.2. The highest BCUT2D eigenvalue weighted by Crippen LogP contribution is 2.15. The van der Waals surface area contributed by atoms with Crippen molar-refractivity contribution in [2.24, 2.45) is 0 Å². The van der Waals surface area contributed by atoms with Crippen molar-refractivity contribution < 1.29 is 9.53 Å². The quantitative estimate of drug-likeness (QED) is 0.760. The van der Waals surface area contributed by atoms with Crippen LogP contribution in [0.3, 0.4) is 0 Å². The lowest BCUT2D eigenvalue weighted by molar-refractivity contribution is -0.117. The summed E-state index contributed by atoms with van der Waals surface area (Å²) in [6, 6.07) is 8.47. The fourth-order valence-corrected chi connectivity index (χ4v) is 3.61. The number of rotatable bonds is 4. The molecule has 5 nitrogen and oxygen atoms in total. The maximum absolute atomic E-state index is 12.1. The van der Waals surface area contributed by atoms with Crippen molar-refractivity contribution in [2.45, 2.75) is 12.5 Å². The molecule has 6 heteroatoms. The first-order chi connectivity index (χ1) is 10.7. The number of anilines is 1. The zero-order valence-electron chi connectivity index (χ0n) is 12.6.